The molecule has 0 amide bonds. The van der Waals surface area contributed by atoms with Gasteiger partial charge in [0.2, 0.25) is 0 Å². The van der Waals surface area contributed by atoms with Crippen molar-refractivity contribution in [2.24, 2.45) is 0 Å². The Bertz CT molecular complexity index is 401. The van der Waals surface area contributed by atoms with Gasteiger partial charge in [-0.15, -0.1) is 0 Å². The summed E-state index contributed by atoms with van der Waals surface area (Å²) >= 11 is 2.10. The van der Waals surface area contributed by atoms with Crippen molar-refractivity contribution < 1.29 is 0 Å². The lowest BCUT2D eigenvalue weighted by Crippen LogP contribution is -2.84. The second kappa shape index (κ2) is 14.9. The highest BCUT2D eigenvalue weighted by Crippen LogP contribution is 2.17. The zero-order valence-electron chi connectivity index (χ0n) is 17.1. The fraction of sp³-hybridized carbons (Fsp3) is 0. The van der Waals surface area contributed by atoms with E-state index in [2.05, 4.69) is 22.4 Å². The lowest BCUT2D eigenvalue weighted by Gasteiger charge is -2.46. The molecular weight excluding hydrogens is 440 g/mol. The van der Waals surface area contributed by atoms with E-state index in [9.17, 15) is 0 Å². The molecule has 30 radical (unpaired) electrons. The molecule has 0 aromatic heterocycles. The first-order chi connectivity index (χ1) is 13.6. The van der Waals surface area contributed by atoms with E-state index in [0.717, 1.165) is 0 Å². The van der Waals surface area contributed by atoms with Crippen LogP contribution < -0.4 is 0 Å². The van der Waals surface area contributed by atoms with E-state index in [4.69, 9.17) is 116 Å². The van der Waals surface area contributed by atoms with Gasteiger partial charge in [-0.2, -0.15) is 22.4 Å². The first-order valence-corrected chi connectivity index (χ1v) is 10.8. The Morgan fingerprint density at radius 2 is 0.533 bits per heavy atom. The van der Waals surface area contributed by atoms with Gasteiger partial charge in [0.05, 0.1) is 0 Å². The summed E-state index contributed by atoms with van der Waals surface area (Å²) in [6.07, 6.45) is -11.0. The monoisotopic (exact) mass is 446 g/mol. The highest BCUT2D eigenvalue weighted by atomic mass is 127. The zero-order chi connectivity index (χ0) is 24.1. The molecule has 0 unspecified atom stereocenters. The molecule has 0 fully saturated rings. The maximum atomic E-state index is 6.35. The SMILES string of the molecule is [B]B([B])B([B])B(B(I)B(B(B([B])[B])B([B])[B])B(B([B])[B])B([B])[B])B(B([B])[B])B([B])[B]. The van der Waals surface area contributed by atoms with Gasteiger partial charge in [0.15, 0.2) is 0 Å². The van der Waals surface area contributed by atoms with E-state index in [-0.39, 0.29) is 0 Å². The van der Waals surface area contributed by atoms with E-state index in [1.807, 2.05) is 0 Å². The van der Waals surface area contributed by atoms with Crippen molar-refractivity contribution in [1.29, 1.82) is 0 Å². The van der Waals surface area contributed by atoms with Crippen LogP contribution in [0.1, 0.15) is 0 Å². The Morgan fingerprint density at radius 3 is 0.733 bits per heavy atom. The Morgan fingerprint density at radius 1 is 0.300 bits per heavy atom. The molecule has 0 rings (SSSR count). The van der Waals surface area contributed by atoms with E-state index < -0.39 is 87.4 Å². The van der Waals surface area contributed by atoms with Crippen LogP contribution in [0.25, 0.3) is 0 Å². The zero-order valence-corrected chi connectivity index (χ0v) is 19.3. The van der Waals surface area contributed by atoms with Crippen LogP contribution in [0.5, 0.6) is 0 Å². The van der Waals surface area contributed by atoms with E-state index in [1.165, 1.54) is 0 Å². The normalized spacial score (nSPS) is 9.50. The summed E-state index contributed by atoms with van der Waals surface area (Å²) in [7, 11) is 90.2. The summed E-state index contributed by atoms with van der Waals surface area (Å²) in [5.74, 6) is 0. The Balaban J connectivity index is 6.74. The minimum absolute atomic E-state index is 0.523. The van der Waals surface area contributed by atoms with Crippen molar-refractivity contribution in [3.8, 4) is 0 Å². The molecule has 0 bridgehead atoms. The molecule has 94 valence electrons. The molecule has 0 nitrogen and oxygen atoms in total. The van der Waals surface area contributed by atoms with E-state index in [0.29, 0.717) is 0 Å². The fourth-order valence-electron chi connectivity index (χ4n) is 4.18. The van der Waals surface area contributed by atoms with Gasteiger partial charge in [-0.1, -0.05) is 0 Å². The predicted molar refractivity (Wildman–Crippen MR) is 181 cm³/mol. The predicted octanol–water partition coefficient (Wildman–Crippen LogP) is -10.2. The molecule has 0 aliphatic heterocycles. The van der Waals surface area contributed by atoms with Gasteiger partial charge in [-0.25, -0.2) is 0 Å². The third-order valence-corrected chi connectivity index (χ3v) is 7.29. The lowest BCUT2D eigenvalue weighted by molar-refractivity contribution is 3.31. The van der Waals surface area contributed by atoms with Gasteiger partial charge < -0.3 is 0 Å². The van der Waals surface area contributed by atoms with Crippen LogP contribution in [-0.2, 0) is 0 Å². The van der Waals surface area contributed by atoms with E-state index >= 15 is 0 Å². The largest absolute Gasteiger partial charge is 0.173 e. The summed E-state index contributed by atoms with van der Waals surface area (Å²) in [6, 6.07) is 0. The minimum Gasteiger partial charge on any atom is -0.173 e. The molecule has 0 aromatic rings. The van der Waals surface area contributed by atoms with Crippen molar-refractivity contribution in [3.63, 3.8) is 0 Å². The molecule has 0 aliphatic carbocycles. The van der Waals surface area contributed by atoms with Crippen molar-refractivity contribution in [2.75, 3.05) is 0 Å². The maximum Gasteiger partial charge on any atom is 0.120 e. The van der Waals surface area contributed by atoms with Crippen LogP contribution in [0.3, 0.4) is 0 Å². The summed E-state index contributed by atoms with van der Waals surface area (Å²) in [6.45, 7) is 0. The van der Waals surface area contributed by atoms with Crippen molar-refractivity contribution in [1.82, 2.24) is 0 Å². The molecular formula is B29I. The summed E-state index contributed by atoms with van der Waals surface area (Å²) in [4.78, 5) is 0. The Hall–Kier alpha value is 2.61. The van der Waals surface area contributed by atoms with Crippen LogP contribution in [-0.4, -0.2) is 203 Å². The topological polar surface area (TPSA) is 0 Å². The minimum atomic E-state index is -0.966. The van der Waals surface area contributed by atoms with Gasteiger partial charge in [0.1, 0.15) is 4.35 Å². The molecule has 30 heavy (non-hydrogen) atoms. The Labute approximate surface area is 224 Å². The highest BCUT2D eigenvalue weighted by Gasteiger charge is 2.51. The quantitative estimate of drug-likeness (QED) is 0.197. The first kappa shape index (κ1) is 32.6. The first-order valence-electron chi connectivity index (χ1n) is 9.55. The van der Waals surface area contributed by atoms with Crippen molar-refractivity contribution in [3.05, 3.63) is 0 Å². The number of halogens is 1. The second-order valence-electron chi connectivity index (χ2n) is 7.95. The third-order valence-electron chi connectivity index (χ3n) is 5.62. The van der Waals surface area contributed by atoms with Gasteiger partial charge in [-0.05, 0) is 0 Å². The number of rotatable bonds is 13. The van der Waals surface area contributed by atoms with Crippen LogP contribution >= 0.6 is 22.4 Å². The Kier molecular flexibility index (Phi) is 16.2. The van der Waals surface area contributed by atoms with Crippen LogP contribution in [0.4, 0.5) is 0 Å². The average Bonchev–Trinajstić information content (AvgIpc) is 2.55. The molecule has 0 spiro atoms. The summed E-state index contributed by atoms with van der Waals surface area (Å²) in [5.41, 5.74) is 0. The van der Waals surface area contributed by atoms with Gasteiger partial charge in [-0.3, -0.25) is 0 Å². The van der Waals surface area contributed by atoms with Gasteiger partial charge in [0, 0.05) is 199 Å². The number of hydrogen-bond donors (Lipinski definition) is 0. The molecule has 0 saturated heterocycles. The second-order valence-corrected chi connectivity index (χ2v) is 9.39. The molecule has 30 heteroatoms. The standard InChI is InChI=1S/B29I/c1-16(2)23(15)27(24(17(3)4)18(5)6)29(30)28(25(19(7)8)20(9)10)26(21(11)12)22(13)14. The number of hydrogen-bond acceptors (Lipinski definition) is 0. The van der Waals surface area contributed by atoms with Crippen molar-refractivity contribution >= 4 is 226 Å². The molecule has 0 heterocycles. The molecule has 0 N–H and O–H groups in total. The lowest BCUT2D eigenvalue weighted by atomic mass is 8.38. The average molecular weight is 440 g/mol. The summed E-state index contributed by atoms with van der Waals surface area (Å²) in [5, 5.41) is 0. The van der Waals surface area contributed by atoms with Gasteiger partial charge in [0.25, 0.3) is 0 Å². The van der Waals surface area contributed by atoms with Gasteiger partial charge >= 0.3 is 0 Å². The molecule has 0 atom stereocenters. The smallest absolute Gasteiger partial charge is 0.120 e. The van der Waals surface area contributed by atoms with Crippen LogP contribution in [0.15, 0.2) is 0 Å². The molecule has 0 aromatic carbocycles. The van der Waals surface area contributed by atoms with Crippen LogP contribution in [0, 0.1) is 0 Å². The highest BCUT2D eigenvalue weighted by molar-refractivity contribution is 14.1. The molecule has 0 saturated carbocycles. The van der Waals surface area contributed by atoms with Crippen LogP contribution in [0.2, 0.25) is 0 Å². The summed E-state index contributed by atoms with van der Waals surface area (Å²) < 4.78 is -0.523. The molecule has 0 aliphatic rings. The van der Waals surface area contributed by atoms with E-state index in [1.54, 1.807) is 0 Å². The third kappa shape index (κ3) is 9.00. The van der Waals surface area contributed by atoms with Crippen molar-refractivity contribution in [2.45, 2.75) is 0 Å². The maximum absolute atomic E-state index is 6.35. The fourth-order valence-corrected chi connectivity index (χ4v) is 6.10.